The van der Waals surface area contributed by atoms with E-state index in [4.69, 9.17) is 0 Å². The minimum absolute atomic E-state index is 0.466. The molecular weight excluding hydrogens is 416 g/mol. The van der Waals surface area contributed by atoms with Gasteiger partial charge in [-0.2, -0.15) is 0 Å². The summed E-state index contributed by atoms with van der Waals surface area (Å²) in [5, 5.41) is 0. The smallest absolute Gasteiger partial charge is 0.0216 e. The molecule has 0 nitrogen and oxygen atoms in total. The molecule has 0 fully saturated rings. The molecule has 144 valence electrons. The van der Waals surface area contributed by atoms with Crippen LogP contribution in [-0.2, 0) is 19.3 Å². The van der Waals surface area contributed by atoms with Crippen LogP contribution >= 0.6 is 15.9 Å². The molecule has 6 rings (SSSR count). The third-order valence-electron chi connectivity index (χ3n) is 7.37. The van der Waals surface area contributed by atoms with Gasteiger partial charge in [0.05, 0.1) is 0 Å². The van der Waals surface area contributed by atoms with Gasteiger partial charge < -0.3 is 0 Å². The fourth-order valence-corrected chi connectivity index (χ4v) is 6.67. The highest BCUT2D eigenvalue weighted by atomic mass is 79.9. The standard InChI is InChI=1S/C28H25Br/c1-17-14-25-22-12-6-7-13-23(22)28(29)16-27(25)24(17)15-26-20-10-4-2-8-18(20)19-9-3-5-11-21(19)26/h2-5,8-11,16,26H,6-7,12-15H2,1H3. The highest BCUT2D eigenvalue weighted by Crippen LogP contribution is 2.51. The second-order valence-corrected chi connectivity index (χ2v) is 9.77. The summed E-state index contributed by atoms with van der Waals surface area (Å²) < 4.78 is 1.34. The molecule has 0 radical (unpaired) electrons. The van der Waals surface area contributed by atoms with Crippen molar-refractivity contribution < 1.29 is 0 Å². The number of halogens is 1. The zero-order valence-electron chi connectivity index (χ0n) is 16.9. The summed E-state index contributed by atoms with van der Waals surface area (Å²) >= 11 is 3.92. The van der Waals surface area contributed by atoms with Gasteiger partial charge in [0.15, 0.2) is 0 Å². The Labute approximate surface area is 181 Å². The normalized spacial score (nSPS) is 17.2. The van der Waals surface area contributed by atoms with E-state index < -0.39 is 0 Å². The van der Waals surface area contributed by atoms with Crippen molar-refractivity contribution in [1.29, 1.82) is 0 Å². The van der Waals surface area contributed by atoms with Crippen LogP contribution in [0.3, 0.4) is 0 Å². The van der Waals surface area contributed by atoms with E-state index in [9.17, 15) is 0 Å². The van der Waals surface area contributed by atoms with Gasteiger partial charge in [-0.1, -0.05) is 70.0 Å². The zero-order chi connectivity index (χ0) is 19.5. The topological polar surface area (TPSA) is 0 Å². The van der Waals surface area contributed by atoms with Crippen molar-refractivity contribution >= 4 is 21.5 Å². The van der Waals surface area contributed by atoms with Gasteiger partial charge >= 0.3 is 0 Å². The number of allylic oxidation sites excluding steroid dienone is 2. The molecule has 0 saturated carbocycles. The van der Waals surface area contributed by atoms with Gasteiger partial charge in [0.1, 0.15) is 0 Å². The van der Waals surface area contributed by atoms with Crippen molar-refractivity contribution in [2.24, 2.45) is 0 Å². The number of hydrogen-bond acceptors (Lipinski definition) is 0. The monoisotopic (exact) mass is 440 g/mol. The van der Waals surface area contributed by atoms with Gasteiger partial charge in [-0.05, 0) is 102 Å². The van der Waals surface area contributed by atoms with Crippen LogP contribution in [0.4, 0.5) is 0 Å². The van der Waals surface area contributed by atoms with Gasteiger partial charge in [-0.3, -0.25) is 0 Å². The summed E-state index contributed by atoms with van der Waals surface area (Å²) in [6.07, 6.45) is 7.43. The minimum atomic E-state index is 0.466. The van der Waals surface area contributed by atoms with Crippen LogP contribution < -0.4 is 0 Å². The first-order valence-corrected chi connectivity index (χ1v) is 11.7. The maximum atomic E-state index is 3.92. The van der Waals surface area contributed by atoms with Gasteiger partial charge in [-0.25, -0.2) is 0 Å². The molecule has 3 aromatic carbocycles. The van der Waals surface area contributed by atoms with E-state index in [2.05, 4.69) is 77.5 Å². The molecule has 0 aromatic heterocycles. The molecule has 0 spiro atoms. The molecule has 0 heterocycles. The van der Waals surface area contributed by atoms with E-state index in [0.29, 0.717) is 5.92 Å². The van der Waals surface area contributed by atoms with Crippen LogP contribution in [0.5, 0.6) is 0 Å². The zero-order valence-corrected chi connectivity index (χ0v) is 18.5. The second kappa shape index (κ2) is 6.71. The molecule has 0 saturated heterocycles. The molecule has 0 bridgehead atoms. The third kappa shape index (κ3) is 2.63. The lowest BCUT2D eigenvalue weighted by atomic mass is 9.84. The van der Waals surface area contributed by atoms with E-state index >= 15 is 0 Å². The fourth-order valence-electron chi connectivity index (χ4n) is 6.01. The van der Waals surface area contributed by atoms with E-state index in [1.165, 1.54) is 58.0 Å². The van der Waals surface area contributed by atoms with E-state index in [1.54, 1.807) is 27.8 Å². The average molecular weight is 441 g/mol. The maximum Gasteiger partial charge on any atom is 0.0216 e. The van der Waals surface area contributed by atoms with Crippen molar-refractivity contribution in [1.82, 2.24) is 0 Å². The molecule has 0 amide bonds. The summed E-state index contributed by atoms with van der Waals surface area (Å²) in [6.45, 7) is 2.37. The summed E-state index contributed by atoms with van der Waals surface area (Å²) in [6, 6.07) is 20.5. The third-order valence-corrected chi connectivity index (χ3v) is 8.08. The Morgan fingerprint density at radius 1 is 0.793 bits per heavy atom. The Kier molecular flexibility index (Phi) is 4.10. The van der Waals surface area contributed by atoms with Crippen molar-refractivity contribution in [3.8, 4) is 11.1 Å². The van der Waals surface area contributed by atoms with Gasteiger partial charge in [-0.15, -0.1) is 0 Å². The van der Waals surface area contributed by atoms with Crippen LogP contribution in [0.1, 0.15) is 65.5 Å². The molecule has 3 aliphatic rings. The number of benzene rings is 3. The summed E-state index contributed by atoms with van der Waals surface area (Å²) in [5.41, 5.74) is 15.4. The Morgan fingerprint density at radius 3 is 2.10 bits per heavy atom. The molecule has 29 heavy (non-hydrogen) atoms. The molecular formula is C28H25Br. The van der Waals surface area contributed by atoms with Crippen molar-refractivity contribution in [2.75, 3.05) is 0 Å². The summed E-state index contributed by atoms with van der Waals surface area (Å²) in [5.74, 6) is 0.466. The van der Waals surface area contributed by atoms with Crippen LogP contribution in [-0.4, -0.2) is 0 Å². The highest BCUT2D eigenvalue weighted by molar-refractivity contribution is 9.10. The van der Waals surface area contributed by atoms with Crippen LogP contribution in [0, 0.1) is 0 Å². The summed E-state index contributed by atoms with van der Waals surface area (Å²) in [7, 11) is 0. The number of fused-ring (bicyclic) bond motifs is 6. The SMILES string of the molecule is CC1=C(CC2c3ccccc3-c3ccccc32)c2cc(Br)c3c(c2C1)CCCC3. The first-order valence-electron chi connectivity index (χ1n) is 10.9. The quantitative estimate of drug-likeness (QED) is 0.380. The van der Waals surface area contributed by atoms with Gasteiger partial charge in [0.25, 0.3) is 0 Å². The molecule has 3 aromatic rings. The molecule has 0 unspecified atom stereocenters. The Balaban J connectivity index is 1.46. The van der Waals surface area contributed by atoms with Crippen LogP contribution in [0.25, 0.3) is 16.7 Å². The maximum absolute atomic E-state index is 3.92. The average Bonchev–Trinajstić information content (AvgIpc) is 3.24. The lowest BCUT2D eigenvalue weighted by Gasteiger charge is -2.22. The Morgan fingerprint density at radius 2 is 1.41 bits per heavy atom. The number of rotatable bonds is 2. The fraction of sp³-hybridized carbons (Fsp3) is 0.286. The molecule has 0 N–H and O–H groups in total. The van der Waals surface area contributed by atoms with Gasteiger partial charge in [0, 0.05) is 10.4 Å². The van der Waals surface area contributed by atoms with Crippen LogP contribution in [0.15, 0.2) is 64.6 Å². The van der Waals surface area contributed by atoms with E-state index in [1.807, 2.05) is 0 Å². The summed E-state index contributed by atoms with van der Waals surface area (Å²) in [4.78, 5) is 0. The predicted molar refractivity (Wildman–Crippen MR) is 125 cm³/mol. The van der Waals surface area contributed by atoms with Crippen molar-refractivity contribution in [3.05, 3.63) is 98.0 Å². The first kappa shape index (κ1) is 17.7. The van der Waals surface area contributed by atoms with E-state index in [-0.39, 0.29) is 0 Å². The molecule has 0 aliphatic heterocycles. The lowest BCUT2D eigenvalue weighted by molar-refractivity contribution is 0.677. The predicted octanol–water partition coefficient (Wildman–Crippen LogP) is 7.86. The largest absolute Gasteiger partial charge is 0.0651 e. The first-order chi connectivity index (χ1) is 14.2. The molecule has 1 heteroatoms. The van der Waals surface area contributed by atoms with E-state index in [0.717, 1.165) is 12.8 Å². The number of hydrogen-bond donors (Lipinski definition) is 0. The van der Waals surface area contributed by atoms with Crippen molar-refractivity contribution in [2.45, 2.75) is 51.4 Å². The molecule has 0 atom stereocenters. The Bertz CT molecular complexity index is 1140. The Hall–Kier alpha value is -2.12. The van der Waals surface area contributed by atoms with Crippen molar-refractivity contribution in [3.63, 3.8) is 0 Å². The van der Waals surface area contributed by atoms with Gasteiger partial charge in [0.2, 0.25) is 0 Å². The van der Waals surface area contributed by atoms with Crippen LogP contribution in [0.2, 0.25) is 0 Å². The second-order valence-electron chi connectivity index (χ2n) is 8.92. The highest BCUT2D eigenvalue weighted by Gasteiger charge is 2.32. The lowest BCUT2D eigenvalue weighted by Crippen LogP contribution is -2.08. The molecule has 3 aliphatic carbocycles. The minimum Gasteiger partial charge on any atom is -0.0651 e.